The van der Waals surface area contributed by atoms with Crippen LogP contribution in [0.5, 0.6) is 0 Å². The minimum atomic E-state index is 0.113. The Labute approximate surface area is 137 Å². The molecular weight excluding hydrogens is 301 g/mol. The number of aryl methyl sites for hydroxylation is 1. The number of hydrogen-bond acceptors (Lipinski definition) is 1. The normalized spacial score (nSPS) is 12.4. The van der Waals surface area contributed by atoms with Crippen molar-refractivity contribution in [2.24, 2.45) is 0 Å². The Balaban J connectivity index is 2.47. The summed E-state index contributed by atoms with van der Waals surface area (Å²) in [6.45, 7) is 7.19. The van der Waals surface area contributed by atoms with Crippen LogP contribution in [0.25, 0.3) is 0 Å². The standard InChI is InChI=1S/C18H21Cl2N/c1-4-10-21-18(14-9-8-12(2)17(20)11-14)15-6-5-7-16(19)13(15)3/h5-9,11,18,21H,4,10H2,1-3H3. The number of rotatable bonds is 5. The first kappa shape index (κ1) is 16.4. The SMILES string of the molecule is CCCNC(c1ccc(C)c(Cl)c1)c1cccc(Cl)c1C. The van der Waals surface area contributed by atoms with Crippen LogP contribution in [-0.4, -0.2) is 6.54 Å². The molecule has 112 valence electrons. The lowest BCUT2D eigenvalue weighted by atomic mass is 9.94. The third-order valence-corrected chi connectivity index (χ3v) is 4.56. The van der Waals surface area contributed by atoms with Gasteiger partial charge in [-0.25, -0.2) is 0 Å². The van der Waals surface area contributed by atoms with E-state index in [1.807, 2.05) is 25.1 Å². The summed E-state index contributed by atoms with van der Waals surface area (Å²) >= 11 is 12.6. The maximum absolute atomic E-state index is 6.30. The average molecular weight is 322 g/mol. The topological polar surface area (TPSA) is 12.0 Å². The molecule has 1 atom stereocenters. The van der Waals surface area contributed by atoms with E-state index in [9.17, 15) is 0 Å². The molecular formula is C18H21Cl2N. The van der Waals surface area contributed by atoms with Crippen LogP contribution in [0.2, 0.25) is 10.0 Å². The molecule has 1 unspecified atom stereocenters. The molecule has 0 saturated heterocycles. The molecule has 0 aromatic heterocycles. The molecule has 0 amide bonds. The minimum Gasteiger partial charge on any atom is -0.306 e. The Bertz CT molecular complexity index is 623. The number of nitrogens with one attached hydrogen (secondary N) is 1. The van der Waals surface area contributed by atoms with Crippen LogP contribution in [0.3, 0.4) is 0 Å². The van der Waals surface area contributed by atoms with Gasteiger partial charge in [-0.1, -0.05) is 54.4 Å². The summed E-state index contributed by atoms with van der Waals surface area (Å²) in [4.78, 5) is 0. The van der Waals surface area contributed by atoms with Crippen LogP contribution in [0, 0.1) is 13.8 Å². The van der Waals surface area contributed by atoms with Crippen LogP contribution in [0.4, 0.5) is 0 Å². The second-order valence-corrected chi connectivity index (χ2v) is 6.16. The number of benzene rings is 2. The Kier molecular flexibility index (Phi) is 5.69. The van der Waals surface area contributed by atoms with Gasteiger partial charge in [0, 0.05) is 10.0 Å². The van der Waals surface area contributed by atoms with E-state index in [0.717, 1.165) is 34.1 Å². The molecule has 0 fully saturated rings. The molecule has 0 aliphatic carbocycles. The molecule has 1 nitrogen and oxygen atoms in total. The van der Waals surface area contributed by atoms with Gasteiger partial charge in [-0.15, -0.1) is 0 Å². The smallest absolute Gasteiger partial charge is 0.0580 e. The highest BCUT2D eigenvalue weighted by Crippen LogP contribution is 2.30. The fourth-order valence-corrected chi connectivity index (χ4v) is 2.79. The second kappa shape index (κ2) is 7.31. The first-order valence-electron chi connectivity index (χ1n) is 7.29. The van der Waals surface area contributed by atoms with E-state index in [0.29, 0.717) is 0 Å². The van der Waals surface area contributed by atoms with E-state index in [4.69, 9.17) is 23.2 Å². The van der Waals surface area contributed by atoms with Gasteiger partial charge < -0.3 is 5.32 Å². The number of hydrogen-bond donors (Lipinski definition) is 1. The molecule has 2 rings (SSSR count). The minimum absolute atomic E-state index is 0.113. The van der Waals surface area contributed by atoms with Crippen molar-refractivity contribution >= 4 is 23.2 Å². The summed E-state index contributed by atoms with van der Waals surface area (Å²) in [5.74, 6) is 0. The van der Waals surface area contributed by atoms with Gasteiger partial charge >= 0.3 is 0 Å². The van der Waals surface area contributed by atoms with Crippen LogP contribution < -0.4 is 5.32 Å². The van der Waals surface area contributed by atoms with E-state index < -0.39 is 0 Å². The summed E-state index contributed by atoms with van der Waals surface area (Å²) in [5, 5.41) is 5.20. The molecule has 0 aliphatic heterocycles. The van der Waals surface area contributed by atoms with Crippen LogP contribution in [-0.2, 0) is 0 Å². The van der Waals surface area contributed by atoms with Crippen molar-refractivity contribution in [1.82, 2.24) is 5.32 Å². The largest absolute Gasteiger partial charge is 0.306 e. The van der Waals surface area contributed by atoms with Gasteiger partial charge in [0.2, 0.25) is 0 Å². The third-order valence-electron chi connectivity index (χ3n) is 3.75. The Morgan fingerprint density at radius 1 is 1.05 bits per heavy atom. The molecule has 0 heterocycles. The third kappa shape index (κ3) is 3.79. The summed E-state index contributed by atoms with van der Waals surface area (Å²) in [6.07, 6.45) is 1.08. The zero-order chi connectivity index (χ0) is 15.4. The van der Waals surface area contributed by atoms with Crippen molar-refractivity contribution in [3.63, 3.8) is 0 Å². The molecule has 0 radical (unpaired) electrons. The van der Waals surface area contributed by atoms with Crippen LogP contribution in [0.15, 0.2) is 36.4 Å². The van der Waals surface area contributed by atoms with Crippen molar-refractivity contribution in [3.05, 3.63) is 68.7 Å². The van der Waals surface area contributed by atoms with Gasteiger partial charge in [-0.05, 0) is 61.2 Å². The van der Waals surface area contributed by atoms with Gasteiger partial charge in [0.25, 0.3) is 0 Å². The highest BCUT2D eigenvalue weighted by molar-refractivity contribution is 6.31. The molecule has 21 heavy (non-hydrogen) atoms. The lowest BCUT2D eigenvalue weighted by Gasteiger charge is -2.22. The summed E-state index contributed by atoms with van der Waals surface area (Å²) in [5.41, 5.74) is 4.59. The van der Waals surface area contributed by atoms with Crippen molar-refractivity contribution < 1.29 is 0 Å². The van der Waals surface area contributed by atoms with Crippen molar-refractivity contribution in [3.8, 4) is 0 Å². The van der Waals surface area contributed by atoms with E-state index in [-0.39, 0.29) is 6.04 Å². The maximum Gasteiger partial charge on any atom is 0.0580 e. The van der Waals surface area contributed by atoms with Crippen molar-refractivity contribution in [1.29, 1.82) is 0 Å². The number of halogens is 2. The first-order chi connectivity index (χ1) is 10.0. The quantitative estimate of drug-likeness (QED) is 0.744. The van der Waals surface area contributed by atoms with Gasteiger partial charge in [-0.2, -0.15) is 0 Å². The molecule has 0 bridgehead atoms. The van der Waals surface area contributed by atoms with E-state index in [1.54, 1.807) is 0 Å². The monoisotopic (exact) mass is 321 g/mol. The summed E-state index contributed by atoms with van der Waals surface area (Å²) < 4.78 is 0. The zero-order valence-electron chi connectivity index (χ0n) is 12.7. The fraction of sp³-hybridized carbons (Fsp3) is 0.333. The lowest BCUT2D eigenvalue weighted by Crippen LogP contribution is -2.24. The van der Waals surface area contributed by atoms with Crippen molar-refractivity contribution in [2.45, 2.75) is 33.2 Å². The second-order valence-electron chi connectivity index (χ2n) is 5.35. The van der Waals surface area contributed by atoms with E-state index in [2.05, 4.69) is 37.4 Å². The zero-order valence-corrected chi connectivity index (χ0v) is 14.2. The Morgan fingerprint density at radius 2 is 1.81 bits per heavy atom. The Morgan fingerprint density at radius 3 is 2.48 bits per heavy atom. The molecule has 3 heteroatoms. The predicted molar refractivity (Wildman–Crippen MR) is 92.5 cm³/mol. The highest BCUT2D eigenvalue weighted by atomic mass is 35.5. The van der Waals surface area contributed by atoms with Crippen LogP contribution >= 0.6 is 23.2 Å². The molecule has 2 aromatic rings. The fourth-order valence-electron chi connectivity index (χ4n) is 2.42. The first-order valence-corrected chi connectivity index (χ1v) is 8.04. The molecule has 1 N–H and O–H groups in total. The van der Waals surface area contributed by atoms with Crippen molar-refractivity contribution in [2.75, 3.05) is 6.54 Å². The molecule has 0 spiro atoms. The Hall–Kier alpha value is -1.02. The maximum atomic E-state index is 6.30. The molecule has 0 aliphatic rings. The van der Waals surface area contributed by atoms with E-state index in [1.165, 1.54) is 11.1 Å². The van der Waals surface area contributed by atoms with Crippen LogP contribution in [0.1, 0.15) is 41.6 Å². The molecule has 2 aromatic carbocycles. The molecule has 0 saturated carbocycles. The lowest BCUT2D eigenvalue weighted by molar-refractivity contribution is 0.596. The predicted octanol–water partition coefficient (Wildman–Crippen LogP) is 5.70. The summed E-state index contributed by atoms with van der Waals surface area (Å²) in [6, 6.07) is 12.4. The van der Waals surface area contributed by atoms with Gasteiger partial charge in [0.15, 0.2) is 0 Å². The highest BCUT2D eigenvalue weighted by Gasteiger charge is 2.17. The van der Waals surface area contributed by atoms with Gasteiger partial charge in [0.1, 0.15) is 0 Å². The van der Waals surface area contributed by atoms with Gasteiger partial charge in [0.05, 0.1) is 6.04 Å². The van der Waals surface area contributed by atoms with E-state index >= 15 is 0 Å². The average Bonchev–Trinajstić information content (AvgIpc) is 2.47. The summed E-state index contributed by atoms with van der Waals surface area (Å²) in [7, 11) is 0. The van der Waals surface area contributed by atoms with Gasteiger partial charge in [-0.3, -0.25) is 0 Å².